The van der Waals surface area contributed by atoms with Gasteiger partial charge in [0.15, 0.2) is 5.70 Å². The monoisotopic (exact) mass is 309 g/mol. The highest BCUT2D eigenvalue weighted by Crippen LogP contribution is 2.28. The van der Waals surface area contributed by atoms with Crippen molar-refractivity contribution in [2.45, 2.75) is 0 Å². The van der Waals surface area contributed by atoms with Gasteiger partial charge in [0, 0.05) is 13.1 Å². The van der Waals surface area contributed by atoms with Crippen LogP contribution in [-0.4, -0.2) is 49.3 Å². The summed E-state index contributed by atoms with van der Waals surface area (Å²) in [7, 11) is 0. The Labute approximate surface area is 119 Å². The lowest BCUT2D eigenvalue weighted by Gasteiger charge is -2.29. The molecule has 106 valence electrons. The van der Waals surface area contributed by atoms with Crippen LogP contribution in [0.5, 0.6) is 0 Å². The SMILES string of the molecule is O=[N+]([O-])C(=C1NCCO1)C(=C(Cl)Cl)N1CCOCC1. The van der Waals surface area contributed by atoms with E-state index in [0.29, 0.717) is 39.5 Å². The largest absolute Gasteiger partial charge is 0.472 e. The van der Waals surface area contributed by atoms with E-state index in [9.17, 15) is 10.1 Å². The molecule has 0 saturated carbocycles. The van der Waals surface area contributed by atoms with Crippen molar-refractivity contribution in [1.82, 2.24) is 10.2 Å². The lowest BCUT2D eigenvalue weighted by atomic mass is 10.3. The van der Waals surface area contributed by atoms with Gasteiger partial charge in [-0.1, -0.05) is 23.2 Å². The summed E-state index contributed by atoms with van der Waals surface area (Å²) in [6.07, 6.45) is 0. The van der Waals surface area contributed by atoms with Crippen LogP contribution in [0.2, 0.25) is 0 Å². The van der Waals surface area contributed by atoms with Gasteiger partial charge in [-0.25, -0.2) is 0 Å². The van der Waals surface area contributed by atoms with Gasteiger partial charge in [0.05, 0.1) is 24.7 Å². The number of hydrogen-bond donors (Lipinski definition) is 1. The maximum atomic E-state index is 11.3. The molecule has 0 bridgehead atoms. The first-order valence-corrected chi connectivity index (χ1v) is 6.50. The van der Waals surface area contributed by atoms with E-state index in [1.807, 2.05) is 0 Å². The quantitative estimate of drug-likeness (QED) is 0.620. The Hall–Kier alpha value is -1.18. The fourth-order valence-electron chi connectivity index (χ4n) is 1.94. The molecule has 0 spiro atoms. The molecule has 0 atom stereocenters. The van der Waals surface area contributed by atoms with Crippen molar-refractivity contribution in [1.29, 1.82) is 0 Å². The summed E-state index contributed by atoms with van der Waals surface area (Å²) in [5.41, 5.74) is -0.0690. The van der Waals surface area contributed by atoms with Gasteiger partial charge in [0.2, 0.25) is 0 Å². The molecule has 7 nitrogen and oxygen atoms in total. The van der Waals surface area contributed by atoms with Crippen LogP contribution in [0.3, 0.4) is 0 Å². The maximum absolute atomic E-state index is 11.3. The summed E-state index contributed by atoms with van der Waals surface area (Å²) in [6, 6.07) is 0. The van der Waals surface area contributed by atoms with E-state index in [4.69, 9.17) is 32.7 Å². The number of nitrogens with zero attached hydrogens (tertiary/aromatic N) is 2. The fourth-order valence-corrected chi connectivity index (χ4v) is 2.36. The number of morpholine rings is 1. The zero-order chi connectivity index (χ0) is 13.8. The third kappa shape index (κ3) is 3.23. The molecule has 2 saturated heterocycles. The van der Waals surface area contributed by atoms with E-state index < -0.39 is 4.92 Å². The molecular weight excluding hydrogens is 297 g/mol. The fraction of sp³-hybridized carbons (Fsp3) is 0.600. The molecule has 2 heterocycles. The summed E-state index contributed by atoms with van der Waals surface area (Å²) in [4.78, 5) is 12.5. The molecule has 0 unspecified atom stereocenters. The van der Waals surface area contributed by atoms with Crippen LogP contribution < -0.4 is 5.32 Å². The van der Waals surface area contributed by atoms with E-state index in [-0.39, 0.29) is 21.8 Å². The lowest BCUT2D eigenvalue weighted by Crippen LogP contribution is -2.38. The molecule has 2 aliphatic rings. The molecular formula is C10H13Cl2N3O4. The summed E-state index contributed by atoms with van der Waals surface area (Å²) >= 11 is 11.7. The van der Waals surface area contributed by atoms with Crippen molar-refractivity contribution in [2.24, 2.45) is 0 Å². The number of nitrogens with one attached hydrogen (secondary N) is 1. The molecule has 0 aromatic heterocycles. The summed E-state index contributed by atoms with van der Waals surface area (Å²) < 4.78 is 10.3. The van der Waals surface area contributed by atoms with Crippen LogP contribution in [0.4, 0.5) is 0 Å². The Morgan fingerprint density at radius 2 is 2.00 bits per heavy atom. The third-order valence-electron chi connectivity index (χ3n) is 2.76. The van der Waals surface area contributed by atoms with Crippen molar-refractivity contribution in [2.75, 3.05) is 39.5 Å². The summed E-state index contributed by atoms with van der Waals surface area (Å²) in [5.74, 6) is 0.102. The molecule has 9 heteroatoms. The molecule has 0 radical (unpaired) electrons. The first-order chi connectivity index (χ1) is 9.11. The lowest BCUT2D eigenvalue weighted by molar-refractivity contribution is -0.426. The first kappa shape index (κ1) is 14.2. The van der Waals surface area contributed by atoms with Crippen LogP contribution in [0, 0.1) is 10.1 Å². The number of ether oxygens (including phenoxy) is 2. The van der Waals surface area contributed by atoms with Gasteiger partial charge in [-0.15, -0.1) is 0 Å². The van der Waals surface area contributed by atoms with Crippen LogP contribution >= 0.6 is 23.2 Å². The first-order valence-electron chi connectivity index (χ1n) is 5.75. The zero-order valence-corrected chi connectivity index (χ0v) is 11.5. The standard InChI is InChI=1S/C10H13Cl2N3O4/c11-9(12)7(14-2-5-18-6-3-14)8(15(16)17)10-13-1-4-19-10/h13H,1-6H2. The maximum Gasteiger partial charge on any atom is 0.353 e. The second-order valence-electron chi connectivity index (χ2n) is 3.92. The molecule has 2 rings (SSSR count). The molecule has 2 fully saturated rings. The second-order valence-corrected chi connectivity index (χ2v) is 4.87. The Kier molecular flexibility index (Phi) is 4.73. The van der Waals surface area contributed by atoms with E-state index in [1.54, 1.807) is 4.90 Å². The van der Waals surface area contributed by atoms with Gasteiger partial charge in [-0.3, -0.25) is 10.1 Å². The molecule has 0 aromatic carbocycles. The minimum Gasteiger partial charge on any atom is -0.472 e. The van der Waals surface area contributed by atoms with E-state index in [0.717, 1.165) is 0 Å². The van der Waals surface area contributed by atoms with Crippen LogP contribution in [0.15, 0.2) is 21.8 Å². The number of rotatable bonds is 3. The third-order valence-corrected chi connectivity index (χ3v) is 3.12. The van der Waals surface area contributed by atoms with Crippen LogP contribution in [0.1, 0.15) is 0 Å². The Morgan fingerprint density at radius 3 is 2.47 bits per heavy atom. The van der Waals surface area contributed by atoms with Gasteiger partial charge >= 0.3 is 5.70 Å². The summed E-state index contributed by atoms with van der Waals surface area (Å²) in [6.45, 7) is 2.82. The van der Waals surface area contributed by atoms with E-state index in [2.05, 4.69) is 5.32 Å². The Balaban J connectivity index is 2.38. The van der Waals surface area contributed by atoms with Crippen molar-refractivity contribution in [3.05, 3.63) is 31.9 Å². The van der Waals surface area contributed by atoms with Crippen molar-refractivity contribution in [3.8, 4) is 0 Å². The predicted molar refractivity (Wildman–Crippen MR) is 69.1 cm³/mol. The molecule has 0 amide bonds. The average molecular weight is 310 g/mol. The van der Waals surface area contributed by atoms with Crippen molar-refractivity contribution in [3.63, 3.8) is 0 Å². The van der Waals surface area contributed by atoms with Crippen LogP contribution in [-0.2, 0) is 9.47 Å². The predicted octanol–water partition coefficient (Wildman–Crippen LogP) is 1.03. The highest BCUT2D eigenvalue weighted by molar-refractivity contribution is 6.56. The number of nitro groups is 1. The number of halogens is 2. The topological polar surface area (TPSA) is 76.9 Å². The van der Waals surface area contributed by atoms with Gasteiger partial charge in [0.25, 0.3) is 5.88 Å². The van der Waals surface area contributed by atoms with Crippen molar-refractivity contribution >= 4 is 23.2 Å². The molecule has 19 heavy (non-hydrogen) atoms. The van der Waals surface area contributed by atoms with Crippen molar-refractivity contribution < 1.29 is 14.4 Å². The van der Waals surface area contributed by atoms with E-state index in [1.165, 1.54) is 0 Å². The molecule has 1 N–H and O–H groups in total. The van der Waals surface area contributed by atoms with Crippen LogP contribution in [0.25, 0.3) is 0 Å². The number of hydrogen-bond acceptors (Lipinski definition) is 6. The average Bonchev–Trinajstić information content (AvgIpc) is 2.89. The minimum absolute atomic E-state index is 0.102. The second kappa shape index (κ2) is 6.31. The minimum atomic E-state index is -0.538. The Morgan fingerprint density at radius 1 is 1.32 bits per heavy atom. The van der Waals surface area contributed by atoms with E-state index >= 15 is 0 Å². The highest BCUT2D eigenvalue weighted by atomic mass is 35.5. The zero-order valence-electron chi connectivity index (χ0n) is 10.0. The smallest absolute Gasteiger partial charge is 0.353 e. The van der Waals surface area contributed by atoms with Gasteiger partial charge < -0.3 is 19.7 Å². The molecule has 0 aliphatic carbocycles. The normalized spacial score (nSPS) is 21.5. The molecule has 0 aromatic rings. The van der Waals surface area contributed by atoms with Gasteiger partial charge in [-0.2, -0.15) is 0 Å². The highest BCUT2D eigenvalue weighted by Gasteiger charge is 2.34. The van der Waals surface area contributed by atoms with Gasteiger partial charge in [0.1, 0.15) is 11.1 Å². The molecule has 2 aliphatic heterocycles. The summed E-state index contributed by atoms with van der Waals surface area (Å²) in [5, 5.41) is 14.1. The Bertz CT molecular complexity index is 420. The van der Waals surface area contributed by atoms with Gasteiger partial charge in [-0.05, 0) is 0 Å².